The monoisotopic (exact) mass is 296 g/mol. The summed E-state index contributed by atoms with van der Waals surface area (Å²) in [5.74, 6) is 0.545. The topological polar surface area (TPSA) is 59.8 Å². The molecule has 90 valence electrons. The Bertz CT molecular complexity index is 608. The zero-order valence-electron chi connectivity index (χ0n) is 9.70. The summed E-state index contributed by atoms with van der Waals surface area (Å²) in [6.07, 6.45) is 1.72. The number of nitrogens with one attached hydrogen (secondary N) is 1. The number of fused-ring (bicyclic) bond motifs is 1. The Morgan fingerprint density at radius 1 is 1.47 bits per heavy atom. The van der Waals surface area contributed by atoms with E-state index in [9.17, 15) is 4.79 Å². The maximum absolute atomic E-state index is 11.9. The molecule has 0 aliphatic rings. The van der Waals surface area contributed by atoms with E-state index in [0.717, 1.165) is 11.9 Å². The zero-order chi connectivity index (χ0) is 12.4. The van der Waals surface area contributed by atoms with Crippen LogP contribution in [0.25, 0.3) is 11.0 Å². The molecule has 0 saturated carbocycles. The highest BCUT2D eigenvalue weighted by molar-refractivity contribution is 9.10. The first kappa shape index (κ1) is 12.0. The van der Waals surface area contributed by atoms with Crippen molar-refractivity contribution in [1.29, 1.82) is 0 Å². The molecular weight excluding hydrogens is 284 g/mol. The lowest BCUT2D eigenvalue weighted by molar-refractivity contribution is 0.745. The van der Waals surface area contributed by atoms with Gasteiger partial charge in [-0.05, 0) is 35.8 Å². The first-order valence-electron chi connectivity index (χ1n) is 5.47. The van der Waals surface area contributed by atoms with Crippen LogP contribution in [0.2, 0.25) is 0 Å². The molecule has 0 spiro atoms. The number of aryl methyl sites for hydroxylation is 1. The molecule has 0 bridgehead atoms. The molecule has 0 aliphatic heterocycles. The number of halogens is 1. The van der Waals surface area contributed by atoms with Gasteiger partial charge < -0.3 is 5.32 Å². The van der Waals surface area contributed by atoms with Crippen molar-refractivity contribution in [3.63, 3.8) is 0 Å². The van der Waals surface area contributed by atoms with Gasteiger partial charge in [0.15, 0.2) is 0 Å². The molecule has 0 atom stereocenters. The molecule has 0 fully saturated rings. The number of pyridine rings is 1. The quantitative estimate of drug-likeness (QED) is 0.941. The Morgan fingerprint density at radius 3 is 2.88 bits per heavy atom. The molecule has 17 heavy (non-hydrogen) atoms. The van der Waals surface area contributed by atoms with Crippen LogP contribution in [0.15, 0.2) is 21.5 Å². The first-order chi connectivity index (χ1) is 8.17. The molecule has 2 aromatic heterocycles. The van der Waals surface area contributed by atoms with E-state index in [1.807, 2.05) is 13.8 Å². The minimum atomic E-state index is -0.0684. The molecule has 2 rings (SSSR count). The van der Waals surface area contributed by atoms with Crippen molar-refractivity contribution in [3.8, 4) is 0 Å². The van der Waals surface area contributed by atoms with Crippen molar-refractivity contribution < 1.29 is 0 Å². The largest absolute Gasteiger partial charge is 0.354 e. The molecule has 1 N–H and O–H groups in total. The highest BCUT2D eigenvalue weighted by Crippen LogP contribution is 2.15. The van der Waals surface area contributed by atoms with E-state index in [2.05, 4.69) is 31.2 Å². The summed E-state index contributed by atoms with van der Waals surface area (Å²) in [7, 11) is 0. The first-order valence-corrected chi connectivity index (χ1v) is 6.26. The van der Waals surface area contributed by atoms with Gasteiger partial charge in [-0.2, -0.15) is 4.98 Å². The number of nitrogens with zero attached hydrogens (tertiary/aromatic N) is 3. The molecular formula is C11H13BrN4O. The number of aromatic nitrogens is 3. The van der Waals surface area contributed by atoms with Crippen molar-refractivity contribution in [1.82, 2.24) is 14.5 Å². The summed E-state index contributed by atoms with van der Waals surface area (Å²) >= 11 is 3.25. The second-order valence-electron chi connectivity index (χ2n) is 3.54. The van der Waals surface area contributed by atoms with E-state index in [1.54, 1.807) is 16.8 Å². The SMILES string of the molecule is CCNc1ncc2cc(Br)c(=O)n(CC)c2n1. The number of anilines is 1. The average Bonchev–Trinajstić information content (AvgIpc) is 2.32. The van der Waals surface area contributed by atoms with Crippen molar-refractivity contribution in [2.24, 2.45) is 0 Å². The van der Waals surface area contributed by atoms with E-state index in [4.69, 9.17) is 0 Å². The molecule has 5 nitrogen and oxygen atoms in total. The van der Waals surface area contributed by atoms with Gasteiger partial charge in [0.2, 0.25) is 5.95 Å². The molecule has 2 aromatic rings. The number of rotatable bonds is 3. The Kier molecular flexibility index (Phi) is 3.42. The van der Waals surface area contributed by atoms with Gasteiger partial charge in [0.1, 0.15) is 5.65 Å². The fourth-order valence-electron chi connectivity index (χ4n) is 1.66. The van der Waals surface area contributed by atoms with E-state index in [0.29, 0.717) is 22.6 Å². The van der Waals surface area contributed by atoms with Crippen molar-refractivity contribution >= 4 is 32.9 Å². The second kappa shape index (κ2) is 4.83. The molecule has 0 amide bonds. The van der Waals surface area contributed by atoms with E-state index in [-0.39, 0.29) is 5.56 Å². The smallest absolute Gasteiger partial charge is 0.266 e. The second-order valence-corrected chi connectivity index (χ2v) is 4.40. The summed E-state index contributed by atoms with van der Waals surface area (Å²) in [6.45, 7) is 5.22. The Morgan fingerprint density at radius 2 is 2.24 bits per heavy atom. The molecule has 0 aromatic carbocycles. The zero-order valence-corrected chi connectivity index (χ0v) is 11.3. The van der Waals surface area contributed by atoms with Gasteiger partial charge in [0.25, 0.3) is 5.56 Å². The van der Waals surface area contributed by atoms with Crippen LogP contribution < -0.4 is 10.9 Å². The predicted molar refractivity (Wildman–Crippen MR) is 71.3 cm³/mol. The Balaban J connectivity index is 2.74. The third-order valence-corrected chi connectivity index (χ3v) is 3.00. The van der Waals surface area contributed by atoms with Gasteiger partial charge in [0.05, 0.1) is 4.47 Å². The van der Waals surface area contributed by atoms with Crippen LogP contribution >= 0.6 is 15.9 Å². The van der Waals surface area contributed by atoms with Gasteiger partial charge in [0, 0.05) is 24.7 Å². The van der Waals surface area contributed by atoms with E-state index in [1.165, 1.54) is 0 Å². The third kappa shape index (κ3) is 2.17. The highest BCUT2D eigenvalue weighted by Gasteiger charge is 2.08. The normalized spacial score (nSPS) is 10.8. The van der Waals surface area contributed by atoms with Crippen LogP contribution in [0.1, 0.15) is 13.8 Å². The molecule has 0 unspecified atom stereocenters. The van der Waals surface area contributed by atoms with Crippen LogP contribution in [-0.2, 0) is 6.54 Å². The van der Waals surface area contributed by atoms with Crippen LogP contribution in [0.3, 0.4) is 0 Å². The minimum absolute atomic E-state index is 0.0684. The van der Waals surface area contributed by atoms with Crippen molar-refractivity contribution in [2.45, 2.75) is 20.4 Å². The minimum Gasteiger partial charge on any atom is -0.354 e. The molecule has 0 saturated heterocycles. The highest BCUT2D eigenvalue weighted by atomic mass is 79.9. The number of hydrogen-bond donors (Lipinski definition) is 1. The fraction of sp³-hybridized carbons (Fsp3) is 0.364. The molecule has 0 radical (unpaired) electrons. The summed E-state index contributed by atoms with van der Waals surface area (Å²) < 4.78 is 2.16. The van der Waals surface area contributed by atoms with Gasteiger partial charge in [-0.1, -0.05) is 0 Å². The van der Waals surface area contributed by atoms with Gasteiger partial charge in [-0.3, -0.25) is 9.36 Å². The lowest BCUT2D eigenvalue weighted by Crippen LogP contribution is -2.21. The van der Waals surface area contributed by atoms with Crippen LogP contribution in [0.4, 0.5) is 5.95 Å². The Hall–Kier alpha value is -1.43. The fourth-order valence-corrected chi connectivity index (χ4v) is 2.12. The maximum atomic E-state index is 11.9. The van der Waals surface area contributed by atoms with E-state index >= 15 is 0 Å². The van der Waals surface area contributed by atoms with Gasteiger partial charge in [-0.25, -0.2) is 4.98 Å². The molecule has 2 heterocycles. The van der Waals surface area contributed by atoms with Crippen molar-refractivity contribution in [3.05, 3.63) is 27.1 Å². The molecule has 0 aliphatic carbocycles. The predicted octanol–water partition coefficient (Wildman–Crippen LogP) is 2.01. The van der Waals surface area contributed by atoms with Crippen LogP contribution in [-0.4, -0.2) is 21.1 Å². The Labute approximate surface area is 107 Å². The lowest BCUT2D eigenvalue weighted by Gasteiger charge is -2.09. The maximum Gasteiger partial charge on any atom is 0.266 e. The van der Waals surface area contributed by atoms with Crippen LogP contribution in [0.5, 0.6) is 0 Å². The summed E-state index contributed by atoms with van der Waals surface area (Å²) in [5, 5.41) is 3.88. The van der Waals surface area contributed by atoms with Crippen molar-refractivity contribution in [2.75, 3.05) is 11.9 Å². The summed E-state index contributed by atoms with van der Waals surface area (Å²) in [4.78, 5) is 20.5. The average molecular weight is 297 g/mol. The number of hydrogen-bond acceptors (Lipinski definition) is 4. The van der Waals surface area contributed by atoms with Crippen LogP contribution in [0, 0.1) is 0 Å². The van der Waals surface area contributed by atoms with Gasteiger partial charge >= 0.3 is 0 Å². The third-order valence-electron chi connectivity index (χ3n) is 2.43. The summed E-state index contributed by atoms with van der Waals surface area (Å²) in [5.41, 5.74) is 0.591. The standard InChI is InChI=1S/C11H13BrN4O/c1-3-13-11-14-6-7-5-8(12)10(17)16(4-2)9(7)15-11/h5-6H,3-4H2,1-2H3,(H,13,14,15). The lowest BCUT2D eigenvalue weighted by atomic mass is 10.3. The van der Waals surface area contributed by atoms with Gasteiger partial charge in [-0.15, -0.1) is 0 Å². The van der Waals surface area contributed by atoms with E-state index < -0.39 is 0 Å². The summed E-state index contributed by atoms with van der Waals surface area (Å²) in [6, 6.07) is 1.75. The molecule has 6 heteroatoms.